The first-order chi connectivity index (χ1) is 15.3. The Bertz CT molecular complexity index is 1350. The van der Waals surface area contributed by atoms with Gasteiger partial charge in [-0.3, -0.25) is 0 Å². The Hall–Kier alpha value is -3.62. The van der Waals surface area contributed by atoms with Crippen molar-refractivity contribution in [2.45, 2.75) is 18.7 Å². The fourth-order valence-electron chi connectivity index (χ4n) is 3.61. The third-order valence-electron chi connectivity index (χ3n) is 5.20. The molecule has 2 N–H and O–H groups in total. The van der Waals surface area contributed by atoms with E-state index in [-0.39, 0.29) is 11.5 Å². The Balaban J connectivity index is 1.84. The summed E-state index contributed by atoms with van der Waals surface area (Å²) >= 11 is 0. The van der Waals surface area contributed by atoms with Crippen molar-refractivity contribution in [1.29, 1.82) is 0 Å². The molecule has 32 heavy (non-hydrogen) atoms. The Morgan fingerprint density at radius 3 is 2.22 bits per heavy atom. The van der Waals surface area contributed by atoms with Crippen molar-refractivity contribution >= 4 is 16.0 Å². The van der Waals surface area contributed by atoms with E-state index < -0.39 is 16.0 Å². The number of sulfonamides is 1. The molecule has 0 aliphatic rings. The highest BCUT2D eigenvalue weighted by atomic mass is 32.2. The molecule has 0 bridgehead atoms. The van der Waals surface area contributed by atoms with Crippen molar-refractivity contribution in [2.75, 3.05) is 6.61 Å². The molecule has 4 rings (SSSR count). The van der Waals surface area contributed by atoms with E-state index in [1.54, 1.807) is 37.6 Å². The molecule has 164 valence electrons. The lowest BCUT2D eigenvalue weighted by atomic mass is 10.0. The van der Waals surface area contributed by atoms with Crippen LogP contribution in [0.4, 0.5) is 0 Å². The van der Waals surface area contributed by atoms with Gasteiger partial charge in [-0.1, -0.05) is 24.3 Å². The van der Waals surface area contributed by atoms with Crippen molar-refractivity contribution in [3.8, 4) is 28.1 Å². The van der Waals surface area contributed by atoms with Gasteiger partial charge >= 0.3 is 5.97 Å². The second kappa shape index (κ2) is 8.49. The fraction of sp³-hybridized carbons (Fsp3) is 0.125. The predicted octanol–water partition coefficient (Wildman–Crippen LogP) is 4.54. The first-order valence-electron chi connectivity index (χ1n) is 9.95. The number of hydrogen-bond donors (Lipinski definition) is 1. The number of carbonyl (C=O) groups is 1. The van der Waals surface area contributed by atoms with E-state index >= 15 is 0 Å². The lowest BCUT2D eigenvalue weighted by molar-refractivity contribution is 0.0525. The average molecular weight is 451 g/mol. The van der Waals surface area contributed by atoms with Crippen LogP contribution < -0.4 is 5.14 Å². The van der Waals surface area contributed by atoms with E-state index in [4.69, 9.17) is 14.3 Å². The summed E-state index contributed by atoms with van der Waals surface area (Å²) in [5.41, 5.74) is 5.43. The van der Waals surface area contributed by atoms with Gasteiger partial charge in [-0.2, -0.15) is 0 Å². The molecule has 0 amide bonds. The Labute approximate surface area is 186 Å². The predicted molar refractivity (Wildman–Crippen MR) is 121 cm³/mol. The number of nitrogens with zero attached hydrogens (tertiary/aromatic N) is 1. The van der Waals surface area contributed by atoms with Gasteiger partial charge in [-0.25, -0.2) is 18.4 Å². The summed E-state index contributed by atoms with van der Waals surface area (Å²) in [6.07, 6.45) is 3.29. The van der Waals surface area contributed by atoms with E-state index in [9.17, 15) is 13.2 Å². The summed E-state index contributed by atoms with van der Waals surface area (Å²) in [7, 11) is -3.81. The maximum absolute atomic E-state index is 12.5. The number of primary sulfonamides is 1. The number of carbonyl (C=O) groups excluding carboxylic acids is 1. The summed E-state index contributed by atoms with van der Waals surface area (Å²) in [5, 5.41) is 5.23. The van der Waals surface area contributed by atoms with E-state index in [2.05, 4.69) is 0 Å². The molecule has 0 saturated carbocycles. The zero-order chi connectivity index (χ0) is 22.9. The first-order valence-corrected chi connectivity index (χ1v) is 11.5. The summed E-state index contributed by atoms with van der Waals surface area (Å²) in [4.78, 5) is 12.6. The molecular weight excluding hydrogens is 428 g/mol. The van der Waals surface area contributed by atoms with Crippen molar-refractivity contribution in [3.05, 3.63) is 84.4 Å². The number of furan rings is 1. The van der Waals surface area contributed by atoms with Gasteiger partial charge in [-0.05, 0) is 61.4 Å². The van der Waals surface area contributed by atoms with Gasteiger partial charge in [0.25, 0.3) is 0 Å². The maximum atomic E-state index is 12.5. The van der Waals surface area contributed by atoms with E-state index in [0.29, 0.717) is 16.9 Å². The van der Waals surface area contributed by atoms with Gasteiger partial charge < -0.3 is 13.7 Å². The molecule has 4 aromatic rings. The van der Waals surface area contributed by atoms with Crippen LogP contribution >= 0.6 is 0 Å². The van der Waals surface area contributed by atoms with Crippen LogP contribution in [-0.4, -0.2) is 25.6 Å². The van der Waals surface area contributed by atoms with Crippen LogP contribution in [0.15, 0.2) is 82.5 Å². The van der Waals surface area contributed by atoms with Crippen LogP contribution in [0, 0.1) is 6.92 Å². The van der Waals surface area contributed by atoms with Gasteiger partial charge in [0.1, 0.15) is 0 Å². The lowest BCUT2D eigenvalue weighted by Crippen LogP contribution is -2.12. The molecule has 8 heteroatoms. The average Bonchev–Trinajstić information content (AvgIpc) is 3.42. The highest BCUT2D eigenvalue weighted by molar-refractivity contribution is 7.89. The highest BCUT2D eigenvalue weighted by Crippen LogP contribution is 2.32. The number of esters is 1. The molecule has 0 atom stereocenters. The minimum Gasteiger partial charge on any atom is -0.472 e. The topological polar surface area (TPSA) is 105 Å². The molecule has 2 aromatic heterocycles. The number of hydrogen-bond acceptors (Lipinski definition) is 5. The summed E-state index contributed by atoms with van der Waals surface area (Å²) in [6, 6.07) is 17.7. The number of aromatic nitrogens is 1. The molecule has 0 aliphatic heterocycles. The van der Waals surface area contributed by atoms with Gasteiger partial charge in [0.2, 0.25) is 10.0 Å². The van der Waals surface area contributed by atoms with Crippen LogP contribution in [0.25, 0.3) is 28.1 Å². The fourth-order valence-corrected chi connectivity index (χ4v) is 4.13. The molecule has 0 saturated heterocycles. The zero-order valence-corrected chi connectivity index (χ0v) is 18.4. The standard InChI is InChI=1S/C24H22N2O5S/c1-3-31-24(27)22-14-23(18-6-4-17(5-7-18)19-12-13-30-15-19)26(16(22)2)20-8-10-21(11-9-20)32(25,28)29/h4-15H,3H2,1-2H3,(H2,25,28,29). The number of ether oxygens (including phenoxy) is 1. The minimum absolute atomic E-state index is 0.0164. The zero-order valence-electron chi connectivity index (χ0n) is 17.6. The Morgan fingerprint density at radius 2 is 1.66 bits per heavy atom. The monoisotopic (exact) mass is 450 g/mol. The highest BCUT2D eigenvalue weighted by Gasteiger charge is 2.21. The molecule has 0 aliphatic carbocycles. The van der Waals surface area contributed by atoms with Crippen LogP contribution in [0.3, 0.4) is 0 Å². The second-order valence-corrected chi connectivity index (χ2v) is 8.77. The molecule has 2 aromatic carbocycles. The largest absolute Gasteiger partial charge is 0.472 e. The lowest BCUT2D eigenvalue weighted by Gasteiger charge is -2.13. The maximum Gasteiger partial charge on any atom is 0.339 e. The quantitative estimate of drug-likeness (QED) is 0.434. The number of nitrogens with two attached hydrogens (primary N) is 1. The second-order valence-electron chi connectivity index (χ2n) is 7.21. The third-order valence-corrected chi connectivity index (χ3v) is 6.13. The van der Waals surface area contributed by atoms with Crippen LogP contribution in [-0.2, 0) is 14.8 Å². The van der Waals surface area contributed by atoms with Gasteiger partial charge in [0.15, 0.2) is 0 Å². The number of rotatable bonds is 6. The smallest absolute Gasteiger partial charge is 0.339 e. The minimum atomic E-state index is -3.81. The molecule has 0 spiro atoms. The van der Waals surface area contributed by atoms with Crippen LogP contribution in [0.2, 0.25) is 0 Å². The summed E-state index contributed by atoms with van der Waals surface area (Å²) < 4.78 is 35.5. The first kappa shape index (κ1) is 21.6. The van der Waals surface area contributed by atoms with Crippen LogP contribution in [0.1, 0.15) is 23.0 Å². The van der Waals surface area contributed by atoms with Crippen LogP contribution in [0.5, 0.6) is 0 Å². The molecule has 0 unspecified atom stereocenters. The summed E-state index contributed by atoms with van der Waals surface area (Å²) in [6.45, 7) is 3.84. The summed E-state index contributed by atoms with van der Waals surface area (Å²) in [5.74, 6) is -0.416. The molecule has 0 radical (unpaired) electrons. The third kappa shape index (κ3) is 4.10. The van der Waals surface area contributed by atoms with Crippen molar-refractivity contribution in [2.24, 2.45) is 5.14 Å². The molecule has 2 heterocycles. The Morgan fingerprint density at radius 1 is 1.00 bits per heavy atom. The van der Waals surface area contributed by atoms with Gasteiger partial charge in [-0.15, -0.1) is 0 Å². The van der Waals surface area contributed by atoms with Crippen molar-refractivity contribution in [1.82, 2.24) is 4.57 Å². The number of benzene rings is 2. The van der Waals surface area contributed by atoms with Gasteiger partial charge in [0.05, 0.1) is 35.3 Å². The molecular formula is C24H22N2O5S. The normalized spacial score (nSPS) is 11.5. The van der Waals surface area contributed by atoms with Crippen molar-refractivity contribution < 1.29 is 22.4 Å². The van der Waals surface area contributed by atoms with E-state index in [0.717, 1.165) is 22.4 Å². The molecule has 0 fully saturated rings. The molecule has 7 nitrogen and oxygen atoms in total. The van der Waals surface area contributed by atoms with Crippen molar-refractivity contribution in [3.63, 3.8) is 0 Å². The van der Waals surface area contributed by atoms with E-state index in [1.807, 2.05) is 41.8 Å². The van der Waals surface area contributed by atoms with E-state index in [1.165, 1.54) is 12.1 Å². The van der Waals surface area contributed by atoms with Gasteiger partial charge in [0, 0.05) is 16.9 Å². The SMILES string of the molecule is CCOC(=O)c1cc(-c2ccc(-c3ccoc3)cc2)n(-c2ccc(S(N)(=O)=O)cc2)c1C. The Kier molecular flexibility index (Phi) is 5.73.